The molecule has 0 unspecified atom stereocenters. The Hall–Kier alpha value is -2.74. The summed E-state index contributed by atoms with van der Waals surface area (Å²) in [6, 6.07) is 11.4. The molecule has 0 fully saturated rings. The summed E-state index contributed by atoms with van der Waals surface area (Å²) < 4.78 is 0. The van der Waals surface area contributed by atoms with Crippen molar-refractivity contribution in [2.24, 2.45) is 0 Å². The average molecular weight is 433 g/mol. The van der Waals surface area contributed by atoms with Crippen molar-refractivity contribution in [3.8, 4) is 10.6 Å². The molecular weight excluding hydrogens is 423 g/mol. The molecule has 0 aliphatic carbocycles. The molecule has 140 valence electrons. The van der Waals surface area contributed by atoms with Crippen LogP contribution in [0.3, 0.4) is 0 Å². The molecule has 1 aromatic heterocycles. The molecule has 0 radical (unpaired) electrons. The number of benzene rings is 2. The van der Waals surface area contributed by atoms with Crippen LogP contribution in [0.2, 0.25) is 10.0 Å². The molecule has 0 atom stereocenters. The van der Waals surface area contributed by atoms with E-state index >= 15 is 0 Å². The Labute approximate surface area is 173 Å². The summed E-state index contributed by atoms with van der Waals surface area (Å²) in [5, 5.41) is 3.59. The van der Waals surface area contributed by atoms with Gasteiger partial charge in [0.1, 0.15) is 5.01 Å². The van der Waals surface area contributed by atoms with Gasteiger partial charge in [-0.15, -0.1) is 11.3 Å². The van der Waals surface area contributed by atoms with Gasteiger partial charge in [0.2, 0.25) is 0 Å². The fourth-order valence-corrected chi connectivity index (χ4v) is 4.32. The van der Waals surface area contributed by atoms with Crippen LogP contribution in [0.15, 0.2) is 47.8 Å². The van der Waals surface area contributed by atoms with E-state index in [9.17, 15) is 14.4 Å². The molecule has 28 heavy (non-hydrogen) atoms. The number of rotatable bonds is 4. The lowest BCUT2D eigenvalue weighted by atomic mass is 10.1. The fraction of sp³-hybridized carbons (Fsp3) is 0.0526. The van der Waals surface area contributed by atoms with Gasteiger partial charge in [-0.25, -0.2) is 9.78 Å². The summed E-state index contributed by atoms with van der Waals surface area (Å²) in [5.41, 5.74) is 1.39. The summed E-state index contributed by atoms with van der Waals surface area (Å²) in [7, 11) is 0. The first-order valence-corrected chi connectivity index (χ1v) is 9.66. The smallest absolute Gasteiger partial charge is 0.329 e. The van der Waals surface area contributed by atoms with E-state index in [1.54, 1.807) is 35.7 Å². The molecule has 3 aromatic rings. The highest BCUT2D eigenvalue weighted by molar-refractivity contribution is 7.13. The van der Waals surface area contributed by atoms with Crippen molar-refractivity contribution in [2.75, 3.05) is 0 Å². The van der Waals surface area contributed by atoms with Crippen molar-refractivity contribution in [3.05, 3.63) is 74.7 Å². The summed E-state index contributed by atoms with van der Waals surface area (Å²) in [5.74, 6) is -2.12. The molecule has 0 saturated carbocycles. The zero-order valence-electron chi connectivity index (χ0n) is 14.0. The molecule has 1 aliphatic rings. The predicted octanol–water partition coefficient (Wildman–Crippen LogP) is 4.41. The van der Waals surface area contributed by atoms with Gasteiger partial charge in [0.05, 0.1) is 33.3 Å². The van der Waals surface area contributed by atoms with Gasteiger partial charge in [-0.2, -0.15) is 0 Å². The lowest BCUT2D eigenvalue weighted by Gasteiger charge is -2.12. The van der Waals surface area contributed by atoms with Crippen LogP contribution >= 0.6 is 34.5 Å². The lowest BCUT2D eigenvalue weighted by molar-refractivity contribution is -0.167. The maximum atomic E-state index is 12.2. The number of hydrogen-bond acceptors (Lipinski definition) is 6. The third-order valence-corrected chi connectivity index (χ3v) is 5.54. The highest BCUT2D eigenvalue weighted by Gasteiger charge is 2.38. The van der Waals surface area contributed by atoms with Crippen molar-refractivity contribution >= 4 is 52.3 Å². The Kier molecular flexibility index (Phi) is 4.89. The first kappa shape index (κ1) is 18.6. The van der Waals surface area contributed by atoms with E-state index in [1.165, 1.54) is 23.5 Å². The van der Waals surface area contributed by atoms with Gasteiger partial charge in [-0.05, 0) is 24.3 Å². The van der Waals surface area contributed by atoms with Crippen LogP contribution in [0.1, 0.15) is 26.4 Å². The standard InChI is InChI=1S/C19H10Cl2N2O4S/c20-13-6-3-7-14(21)16(13)17-22-10(9-28-17)8-15(24)27-23-18(25)11-4-1-2-5-12(11)19(23)26/h1-7,9H,8H2. The van der Waals surface area contributed by atoms with Gasteiger partial charge in [-0.1, -0.05) is 46.5 Å². The molecular formula is C19H10Cl2N2O4S. The van der Waals surface area contributed by atoms with E-state index in [4.69, 9.17) is 28.0 Å². The maximum absolute atomic E-state index is 12.2. The molecule has 2 aromatic carbocycles. The summed E-state index contributed by atoms with van der Waals surface area (Å²) in [4.78, 5) is 46.1. The van der Waals surface area contributed by atoms with Gasteiger partial charge in [0.15, 0.2) is 0 Å². The quantitative estimate of drug-likeness (QED) is 0.570. The maximum Gasteiger partial charge on any atom is 0.339 e. The minimum Gasteiger partial charge on any atom is -0.329 e. The van der Waals surface area contributed by atoms with Crippen LogP contribution in [-0.2, 0) is 16.1 Å². The van der Waals surface area contributed by atoms with Crippen LogP contribution in [0, 0.1) is 0 Å². The number of hydrogen-bond donors (Lipinski definition) is 0. The number of imide groups is 1. The number of amides is 2. The summed E-state index contributed by atoms with van der Waals surface area (Å²) in [6.07, 6.45) is -0.216. The van der Waals surface area contributed by atoms with Crippen LogP contribution in [0.4, 0.5) is 0 Å². The normalized spacial score (nSPS) is 13.0. The third-order valence-electron chi connectivity index (χ3n) is 4.00. The molecule has 0 saturated heterocycles. The first-order chi connectivity index (χ1) is 13.5. The van der Waals surface area contributed by atoms with Crippen molar-refractivity contribution in [1.82, 2.24) is 10.0 Å². The Morgan fingerprint density at radius 1 is 1.00 bits per heavy atom. The number of carbonyl (C=O) groups is 3. The number of thiazole rings is 1. The summed E-state index contributed by atoms with van der Waals surface area (Å²) in [6.45, 7) is 0. The molecule has 1 aliphatic heterocycles. The van der Waals surface area contributed by atoms with Gasteiger partial charge in [0.25, 0.3) is 11.8 Å². The second-order valence-electron chi connectivity index (χ2n) is 5.83. The van der Waals surface area contributed by atoms with Crippen molar-refractivity contribution in [3.63, 3.8) is 0 Å². The number of hydroxylamine groups is 2. The molecule has 2 heterocycles. The molecule has 0 bridgehead atoms. The monoisotopic (exact) mass is 432 g/mol. The van der Waals surface area contributed by atoms with Crippen LogP contribution in [0.5, 0.6) is 0 Å². The van der Waals surface area contributed by atoms with Gasteiger partial charge >= 0.3 is 5.97 Å². The second-order valence-corrected chi connectivity index (χ2v) is 7.50. The number of aromatic nitrogens is 1. The zero-order chi connectivity index (χ0) is 19.8. The first-order valence-electron chi connectivity index (χ1n) is 8.03. The van der Waals surface area contributed by atoms with E-state index < -0.39 is 17.8 Å². The van der Waals surface area contributed by atoms with Crippen LogP contribution in [0.25, 0.3) is 10.6 Å². The van der Waals surface area contributed by atoms with Crippen molar-refractivity contribution < 1.29 is 19.2 Å². The Morgan fingerprint density at radius 2 is 1.61 bits per heavy atom. The third kappa shape index (κ3) is 3.28. The summed E-state index contributed by atoms with van der Waals surface area (Å²) >= 11 is 13.6. The van der Waals surface area contributed by atoms with E-state index in [1.807, 2.05) is 0 Å². The van der Waals surface area contributed by atoms with Gasteiger partial charge in [-0.3, -0.25) is 9.59 Å². The van der Waals surface area contributed by atoms with Gasteiger partial charge < -0.3 is 4.84 Å². The number of carbonyl (C=O) groups excluding carboxylic acids is 3. The van der Waals surface area contributed by atoms with Crippen molar-refractivity contribution in [1.29, 1.82) is 0 Å². The zero-order valence-corrected chi connectivity index (χ0v) is 16.3. The number of nitrogens with zero attached hydrogens (tertiary/aromatic N) is 2. The topological polar surface area (TPSA) is 76.6 Å². The predicted molar refractivity (Wildman–Crippen MR) is 104 cm³/mol. The molecule has 0 spiro atoms. The van der Waals surface area contributed by atoms with E-state index in [0.717, 1.165) is 0 Å². The number of halogens is 2. The van der Waals surface area contributed by atoms with Crippen LogP contribution < -0.4 is 0 Å². The Morgan fingerprint density at radius 3 is 2.21 bits per heavy atom. The van der Waals surface area contributed by atoms with Crippen molar-refractivity contribution in [2.45, 2.75) is 6.42 Å². The molecule has 4 rings (SSSR count). The highest BCUT2D eigenvalue weighted by atomic mass is 35.5. The average Bonchev–Trinajstić information content (AvgIpc) is 3.21. The largest absolute Gasteiger partial charge is 0.339 e. The van der Waals surface area contributed by atoms with Gasteiger partial charge in [0, 0.05) is 10.9 Å². The number of fused-ring (bicyclic) bond motifs is 1. The Balaban J connectivity index is 1.48. The van der Waals surface area contributed by atoms with E-state index in [0.29, 0.717) is 31.4 Å². The van der Waals surface area contributed by atoms with E-state index in [-0.39, 0.29) is 17.5 Å². The fourth-order valence-electron chi connectivity index (χ4n) is 2.74. The highest BCUT2D eigenvalue weighted by Crippen LogP contribution is 2.36. The molecule has 0 N–H and O–H groups in total. The SMILES string of the molecule is O=C(Cc1csc(-c2c(Cl)cccc2Cl)n1)ON1C(=O)c2ccccc2C1=O. The molecule has 9 heteroatoms. The van der Waals surface area contributed by atoms with E-state index in [2.05, 4.69) is 4.98 Å². The minimum atomic E-state index is -0.781. The molecule has 2 amide bonds. The van der Waals surface area contributed by atoms with Crippen LogP contribution in [-0.4, -0.2) is 27.8 Å². The second kappa shape index (κ2) is 7.35. The Bertz CT molecular complexity index is 1070. The molecule has 6 nitrogen and oxygen atoms in total. The lowest BCUT2D eigenvalue weighted by Crippen LogP contribution is -2.33. The minimum absolute atomic E-state index is 0.199.